The largest absolute Gasteiger partial charge is 0.493 e. The molecule has 2 unspecified atom stereocenters. The van der Waals surface area contributed by atoms with Crippen LogP contribution in [-0.2, 0) is 15.7 Å². The van der Waals surface area contributed by atoms with Gasteiger partial charge in [0.1, 0.15) is 23.5 Å². The Balaban J connectivity index is 2.10. The second-order valence-electron chi connectivity index (χ2n) is 9.31. The Labute approximate surface area is 207 Å². The molecule has 198 valence electrons. The van der Waals surface area contributed by atoms with E-state index in [1.165, 1.54) is 25.3 Å². The molecular weight excluding hydrogens is 481 g/mol. The van der Waals surface area contributed by atoms with Crippen molar-refractivity contribution in [2.75, 3.05) is 19.0 Å². The number of carbonyl (C=O) groups excluding carboxylic acids is 2. The fourth-order valence-electron chi connectivity index (χ4n) is 3.25. The van der Waals surface area contributed by atoms with Crippen molar-refractivity contribution < 1.29 is 37.0 Å². The number of rotatable bonds is 8. The number of ether oxygens (including phenoxy) is 3. The number of alkyl halides is 3. The Kier molecular flexibility index (Phi) is 9.48. The fourth-order valence-corrected chi connectivity index (χ4v) is 3.25. The molecule has 1 aromatic carbocycles. The molecule has 0 aliphatic heterocycles. The van der Waals surface area contributed by atoms with Crippen molar-refractivity contribution in [3.05, 3.63) is 36.2 Å². The molecule has 9 nitrogen and oxygen atoms in total. The van der Waals surface area contributed by atoms with Gasteiger partial charge in [-0.3, -0.25) is 5.32 Å². The first-order valence-corrected chi connectivity index (χ1v) is 11.2. The molecule has 1 aromatic heterocycles. The first-order chi connectivity index (χ1) is 16.7. The standard InChI is InChI=1S/C24H31F3N4O5/c1-14(9-15(2)30-22(33)36-23(3,4)5)12-35-19-8-7-16(10-17(19)24(25,26)27)18-11-20(29-13-28-18)31-21(32)34-6/h7-8,10-11,13-15H,9,12H2,1-6H3,(H,30,33)(H,28,29,31,32). The topological polar surface area (TPSA) is 112 Å². The van der Waals surface area contributed by atoms with Crippen molar-refractivity contribution in [2.45, 2.75) is 58.9 Å². The fraction of sp³-hybridized carbons (Fsp3) is 0.500. The maximum atomic E-state index is 13.8. The molecule has 2 amide bonds. The van der Waals surface area contributed by atoms with Gasteiger partial charge >= 0.3 is 18.4 Å². The highest BCUT2D eigenvalue weighted by Gasteiger charge is 2.35. The summed E-state index contributed by atoms with van der Waals surface area (Å²) in [6.07, 6.45) is -4.43. The predicted molar refractivity (Wildman–Crippen MR) is 127 cm³/mol. The van der Waals surface area contributed by atoms with E-state index in [-0.39, 0.29) is 41.4 Å². The van der Waals surface area contributed by atoms with Crippen LogP contribution in [0.3, 0.4) is 0 Å². The molecule has 0 spiro atoms. The maximum Gasteiger partial charge on any atom is 0.419 e. The smallest absolute Gasteiger partial charge is 0.419 e. The summed E-state index contributed by atoms with van der Waals surface area (Å²) in [5, 5.41) is 5.04. The van der Waals surface area contributed by atoms with Crippen LogP contribution in [0.1, 0.15) is 46.6 Å². The van der Waals surface area contributed by atoms with Gasteiger partial charge in [0.05, 0.1) is 25.0 Å². The van der Waals surface area contributed by atoms with Crippen molar-refractivity contribution in [1.82, 2.24) is 15.3 Å². The van der Waals surface area contributed by atoms with Crippen LogP contribution < -0.4 is 15.4 Å². The van der Waals surface area contributed by atoms with E-state index in [1.807, 2.05) is 6.92 Å². The van der Waals surface area contributed by atoms with E-state index in [9.17, 15) is 22.8 Å². The molecule has 0 saturated carbocycles. The number of hydrogen-bond donors (Lipinski definition) is 2. The number of alkyl carbamates (subject to hydrolysis) is 1. The Morgan fingerprint density at radius 1 is 1.06 bits per heavy atom. The minimum absolute atomic E-state index is 0.00344. The van der Waals surface area contributed by atoms with Gasteiger partial charge in [0.2, 0.25) is 0 Å². The predicted octanol–water partition coefficient (Wildman–Crippen LogP) is 5.66. The molecule has 2 aromatic rings. The third kappa shape index (κ3) is 9.23. The Bertz CT molecular complexity index is 1060. The van der Waals surface area contributed by atoms with Gasteiger partial charge in [-0.2, -0.15) is 13.2 Å². The summed E-state index contributed by atoms with van der Waals surface area (Å²) in [6, 6.07) is 4.65. The van der Waals surface area contributed by atoms with Crippen molar-refractivity contribution in [2.24, 2.45) is 5.92 Å². The summed E-state index contributed by atoms with van der Waals surface area (Å²) in [4.78, 5) is 31.1. The highest BCUT2D eigenvalue weighted by molar-refractivity contribution is 5.84. The lowest BCUT2D eigenvalue weighted by atomic mass is 10.0. The summed E-state index contributed by atoms with van der Waals surface area (Å²) >= 11 is 0. The Hall–Kier alpha value is -3.57. The Morgan fingerprint density at radius 2 is 1.75 bits per heavy atom. The van der Waals surface area contributed by atoms with E-state index in [1.54, 1.807) is 27.7 Å². The average Bonchev–Trinajstić information content (AvgIpc) is 2.75. The number of halogens is 3. The summed E-state index contributed by atoms with van der Waals surface area (Å²) in [6.45, 7) is 8.84. The second kappa shape index (κ2) is 11.9. The van der Waals surface area contributed by atoms with Gasteiger partial charge in [-0.1, -0.05) is 6.92 Å². The monoisotopic (exact) mass is 512 g/mol. The molecular formula is C24H31F3N4O5. The van der Waals surface area contributed by atoms with Crippen LogP contribution in [0.4, 0.5) is 28.6 Å². The van der Waals surface area contributed by atoms with Crippen LogP contribution >= 0.6 is 0 Å². The number of methoxy groups -OCH3 is 1. The minimum atomic E-state index is -4.68. The van der Waals surface area contributed by atoms with Crippen LogP contribution in [0.2, 0.25) is 0 Å². The SMILES string of the molecule is COC(=O)Nc1cc(-c2ccc(OCC(C)CC(C)NC(=O)OC(C)(C)C)c(C(F)(F)F)c2)ncn1. The van der Waals surface area contributed by atoms with Gasteiger partial charge in [0.25, 0.3) is 0 Å². The number of anilines is 1. The molecule has 0 fully saturated rings. The van der Waals surface area contributed by atoms with Crippen molar-refractivity contribution in [3.63, 3.8) is 0 Å². The molecule has 0 saturated heterocycles. The summed E-state index contributed by atoms with van der Waals surface area (Å²) in [7, 11) is 1.17. The van der Waals surface area contributed by atoms with Crippen molar-refractivity contribution in [3.8, 4) is 17.0 Å². The zero-order chi connectivity index (χ0) is 27.1. The number of carbonyl (C=O) groups is 2. The number of amides is 2. The zero-order valence-corrected chi connectivity index (χ0v) is 21.0. The first-order valence-electron chi connectivity index (χ1n) is 11.2. The number of benzene rings is 1. The molecule has 0 radical (unpaired) electrons. The highest BCUT2D eigenvalue weighted by Crippen LogP contribution is 2.39. The molecule has 0 bridgehead atoms. The van der Waals surface area contributed by atoms with Crippen molar-refractivity contribution >= 4 is 18.0 Å². The zero-order valence-electron chi connectivity index (χ0n) is 21.0. The normalized spacial score (nSPS) is 13.4. The number of hydrogen-bond acceptors (Lipinski definition) is 7. The van der Waals surface area contributed by atoms with Gasteiger partial charge in [0, 0.05) is 17.7 Å². The van der Waals surface area contributed by atoms with Gasteiger partial charge in [-0.15, -0.1) is 0 Å². The maximum absolute atomic E-state index is 13.8. The average molecular weight is 513 g/mol. The molecule has 2 atom stereocenters. The van der Waals surface area contributed by atoms with Gasteiger partial charge in [0.15, 0.2) is 0 Å². The number of nitrogens with one attached hydrogen (secondary N) is 2. The molecule has 2 N–H and O–H groups in total. The lowest BCUT2D eigenvalue weighted by Gasteiger charge is -2.23. The van der Waals surface area contributed by atoms with E-state index in [4.69, 9.17) is 9.47 Å². The summed E-state index contributed by atoms with van der Waals surface area (Å²) in [5.41, 5.74) is -1.27. The molecule has 12 heteroatoms. The molecule has 36 heavy (non-hydrogen) atoms. The van der Waals surface area contributed by atoms with Gasteiger partial charge in [-0.05, 0) is 58.2 Å². The third-order valence-electron chi connectivity index (χ3n) is 4.71. The number of nitrogens with zero attached hydrogens (tertiary/aromatic N) is 2. The van der Waals surface area contributed by atoms with E-state index in [0.29, 0.717) is 6.42 Å². The quantitative estimate of drug-likeness (QED) is 0.469. The Morgan fingerprint density at radius 3 is 2.36 bits per heavy atom. The van der Waals surface area contributed by atoms with Crippen LogP contribution in [0.25, 0.3) is 11.3 Å². The van der Waals surface area contributed by atoms with Crippen LogP contribution in [0.15, 0.2) is 30.6 Å². The van der Waals surface area contributed by atoms with Gasteiger partial charge < -0.3 is 19.5 Å². The highest BCUT2D eigenvalue weighted by atomic mass is 19.4. The molecule has 2 rings (SSSR count). The van der Waals surface area contributed by atoms with Gasteiger partial charge in [-0.25, -0.2) is 19.6 Å². The molecule has 0 aliphatic rings. The van der Waals surface area contributed by atoms with E-state index >= 15 is 0 Å². The summed E-state index contributed by atoms with van der Waals surface area (Å²) in [5.74, 6) is -0.416. The lowest BCUT2D eigenvalue weighted by molar-refractivity contribution is -0.139. The third-order valence-corrected chi connectivity index (χ3v) is 4.71. The van der Waals surface area contributed by atoms with Crippen molar-refractivity contribution in [1.29, 1.82) is 0 Å². The van der Waals surface area contributed by atoms with Crippen LogP contribution in [-0.4, -0.2) is 47.5 Å². The first kappa shape index (κ1) is 28.7. The van der Waals surface area contributed by atoms with Crippen LogP contribution in [0, 0.1) is 5.92 Å². The van der Waals surface area contributed by atoms with E-state index < -0.39 is 29.5 Å². The van der Waals surface area contributed by atoms with Crippen LogP contribution in [0.5, 0.6) is 5.75 Å². The summed E-state index contributed by atoms with van der Waals surface area (Å²) < 4.78 is 56.6. The molecule has 0 aliphatic carbocycles. The van der Waals surface area contributed by atoms with E-state index in [2.05, 4.69) is 25.3 Å². The lowest BCUT2D eigenvalue weighted by Crippen LogP contribution is -2.38. The second-order valence-corrected chi connectivity index (χ2v) is 9.31. The molecule has 1 heterocycles. The number of aromatic nitrogens is 2. The van der Waals surface area contributed by atoms with E-state index in [0.717, 1.165) is 12.4 Å². The minimum Gasteiger partial charge on any atom is -0.493 e.